The fraction of sp³-hybridized carbons (Fsp3) is 0.364. The standard InChI is InChI=1S/C11H15N3/c1-10(2)14-9-13(8-12-14)11-6-4-3-5-7-11/h3-8,10H,9H2,1-2H3. The Kier molecular flexibility index (Phi) is 2.39. The van der Waals surface area contributed by atoms with Gasteiger partial charge in [0.05, 0.1) is 0 Å². The maximum atomic E-state index is 4.33. The van der Waals surface area contributed by atoms with Crippen molar-refractivity contribution in [3.05, 3.63) is 30.3 Å². The quantitative estimate of drug-likeness (QED) is 0.709. The van der Waals surface area contributed by atoms with Crippen molar-refractivity contribution in [1.29, 1.82) is 0 Å². The number of rotatable bonds is 2. The number of anilines is 1. The number of hydrogen-bond acceptors (Lipinski definition) is 3. The van der Waals surface area contributed by atoms with Crippen LogP contribution in [0.25, 0.3) is 0 Å². The molecule has 1 aromatic carbocycles. The van der Waals surface area contributed by atoms with Crippen molar-refractivity contribution in [3.63, 3.8) is 0 Å². The van der Waals surface area contributed by atoms with Crippen LogP contribution in [0.2, 0.25) is 0 Å². The highest BCUT2D eigenvalue weighted by Gasteiger charge is 2.16. The van der Waals surface area contributed by atoms with Crippen molar-refractivity contribution in [2.24, 2.45) is 5.10 Å². The zero-order chi connectivity index (χ0) is 9.97. The lowest BCUT2D eigenvalue weighted by atomic mass is 10.3. The summed E-state index contributed by atoms with van der Waals surface area (Å²) in [5.41, 5.74) is 1.19. The first-order chi connectivity index (χ1) is 6.77. The van der Waals surface area contributed by atoms with Gasteiger partial charge in [0.2, 0.25) is 0 Å². The van der Waals surface area contributed by atoms with Crippen LogP contribution in [0.1, 0.15) is 13.8 Å². The maximum absolute atomic E-state index is 4.33. The lowest BCUT2D eigenvalue weighted by Crippen LogP contribution is -2.30. The molecule has 74 valence electrons. The van der Waals surface area contributed by atoms with E-state index in [4.69, 9.17) is 0 Å². The first-order valence-corrected chi connectivity index (χ1v) is 4.90. The minimum Gasteiger partial charge on any atom is -0.311 e. The fourth-order valence-corrected chi connectivity index (χ4v) is 1.42. The van der Waals surface area contributed by atoms with Crippen LogP contribution in [-0.4, -0.2) is 24.1 Å². The first kappa shape index (κ1) is 9.06. The summed E-state index contributed by atoms with van der Waals surface area (Å²) >= 11 is 0. The Balaban J connectivity index is 2.08. The number of para-hydroxylation sites is 1. The maximum Gasteiger partial charge on any atom is 0.117 e. The molecule has 0 fully saturated rings. The van der Waals surface area contributed by atoms with Crippen LogP contribution in [0.5, 0.6) is 0 Å². The van der Waals surface area contributed by atoms with Gasteiger partial charge in [0.1, 0.15) is 13.0 Å². The topological polar surface area (TPSA) is 18.8 Å². The summed E-state index contributed by atoms with van der Waals surface area (Å²) in [4.78, 5) is 2.14. The molecule has 14 heavy (non-hydrogen) atoms. The van der Waals surface area contributed by atoms with Gasteiger partial charge in [-0.1, -0.05) is 18.2 Å². The highest BCUT2D eigenvalue weighted by atomic mass is 15.6. The summed E-state index contributed by atoms with van der Waals surface area (Å²) in [6.45, 7) is 5.14. The van der Waals surface area contributed by atoms with Gasteiger partial charge in [-0.15, -0.1) is 0 Å². The molecule has 0 atom stereocenters. The SMILES string of the molecule is CC(C)N1CN(c2ccccc2)C=N1. The van der Waals surface area contributed by atoms with Gasteiger partial charge in [-0.3, -0.25) is 5.01 Å². The first-order valence-electron chi connectivity index (χ1n) is 4.90. The molecule has 0 radical (unpaired) electrons. The van der Waals surface area contributed by atoms with Crippen LogP contribution in [0.3, 0.4) is 0 Å². The smallest absolute Gasteiger partial charge is 0.117 e. The Morgan fingerprint density at radius 1 is 1.21 bits per heavy atom. The van der Waals surface area contributed by atoms with Crippen molar-refractivity contribution in [2.45, 2.75) is 19.9 Å². The molecule has 3 heteroatoms. The fourth-order valence-electron chi connectivity index (χ4n) is 1.42. The molecule has 0 spiro atoms. The van der Waals surface area contributed by atoms with Gasteiger partial charge < -0.3 is 4.90 Å². The molecule has 1 heterocycles. The molecule has 0 saturated carbocycles. The van der Waals surface area contributed by atoms with Crippen LogP contribution < -0.4 is 4.90 Å². The van der Waals surface area contributed by atoms with Crippen molar-refractivity contribution in [2.75, 3.05) is 11.6 Å². The average Bonchev–Trinajstić information content (AvgIpc) is 2.68. The Bertz CT molecular complexity index is 319. The Hall–Kier alpha value is -1.51. The lowest BCUT2D eigenvalue weighted by Gasteiger charge is -2.21. The van der Waals surface area contributed by atoms with Crippen LogP contribution in [0, 0.1) is 0 Å². The highest BCUT2D eigenvalue weighted by molar-refractivity contribution is 5.80. The third kappa shape index (κ3) is 1.71. The van der Waals surface area contributed by atoms with Gasteiger partial charge in [0.25, 0.3) is 0 Å². The van der Waals surface area contributed by atoms with Gasteiger partial charge in [-0.05, 0) is 26.0 Å². The lowest BCUT2D eigenvalue weighted by molar-refractivity contribution is 0.258. The predicted molar refractivity (Wildman–Crippen MR) is 59.3 cm³/mol. The van der Waals surface area contributed by atoms with Gasteiger partial charge in [-0.25, -0.2) is 0 Å². The molecule has 0 saturated heterocycles. The summed E-state index contributed by atoms with van der Waals surface area (Å²) in [5, 5.41) is 6.39. The number of hydrogen-bond donors (Lipinski definition) is 0. The summed E-state index contributed by atoms with van der Waals surface area (Å²) in [6, 6.07) is 10.8. The zero-order valence-electron chi connectivity index (χ0n) is 8.59. The summed E-state index contributed by atoms with van der Waals surface area (Å²) < 4.78 is 0. The molecule has 0 bridgehead atoms. The highest BCUT2D eigenvalue weighted by Crippen LogP contribution is 2.16. The van der Waals surface area contributed by atoms with Crippen molar-refractivity contribution < 1.29 is 0 Å². The summed E-state index contributed by atoms with van der Waals surface area (Å²) in [7, 11) is 0. The van der Waals surface area contributed by atoms with E-state index < -0.39 is 0 Å². The number of hydrazone groups is 1. The molecule has 1 aromatic rings. The van der Waals surface area contributed by atoms with Gasteiger partial charge in [-0.2, -0.15) is 5.10 Å². The Morgan fingerprint density at radius 3 is 2.50 bits per heavy atom. The van der Waals surface area contributed by atoms with Gasteiger partial charge in [0, 0.05) is 11.7 Å². The molecule has 0 amide bonds. The van der Waals surface area contributed by atoms with Gasteiger partial charge in [0.15, 0.2) is 0 Å². The van der Waals surface area contributed by atoms with Crippen molar-refractivity contribution in [1.82, 2.24) is 5.01 Å². The van der Waals surface area contributed by atoms with E-state index in [1.54, 1.807) is 0 Å². The van der Waals surface area contributed by atoms with E-state index in [-0.39, 0.29) is 0 Å². The normalized spacial score (nSPS) is 15.6. The second kappa shape index (κ2) is 3.70. The Morgan fingerprint density at radius 2 is 1.93 bits per heavy atom. The minimum atomic E-state index is 0.458. The number of benzene rings is 1. The molecule has 3 nitrogen and oxygen atoms in total. The molecular formula is C11H15N3. The molecule has 0 aromatic heterocycles. The molecular weight excluding hydrogens is 174 g/mol. The largest absolute Gasteiger partial charge is 0.311 e. The average molecular weight is 189 g/mol. The molecule has 2 rings (SSSR count). The molecule has 1 aliphatic rings. The third-order valence-electron chi connectivity index (χ3n) is 2.32. The van der Waals surface area contributed by atoms with Crippen LogP contribution in [0.15, 0.2) is 35.4 Å². The van der Waals surface area contributed by atoms with Crippen LogP contribution in [0.4, 0.5) is 5.69 Å². The van der Waals surface area contributed by atoms with Crippen molar-refractivity contribution in [3.8, 4) is 0 Å². The van der Waals surface area contributed by atoms with E-state index >= 15 is 0 Å². The van der Waals surface area contributed by atoms with E-state index in [0.717, 1.165) is 6.67 Å². The van der Waals surface area contributed by atoms with E-state index in [1.807, 2.05) is 24.5 Å². The second-order valence-electron chi connectivity index (χ2n) is 3.71. The number of nitrogens with zero attached hydrogens (tertiary/aromatic N) is 3. The molecule has 1 aliphatic heterocycles. The zero-order valence-corrected chi connectivity index (χ0v) is 8.59. The van der Waals surface area contributed by atoms with E-state index in [1.165, 1.54) is 5.69 Å². The van der Waals surface area contributed by atoms with Crippen LogP contribution in [-0.2, 0) is 0 Å². The molecule has 0 unspecified atom stereocenters. The second-order valence-corrected chi connectivity index (χ2v) is 3.71. The van der Waals surface area contributed by atoms with E-state index in [2.05, 4.69) is 41.0 Å². The van der Waals surface area contributed by atoms with E-state index in [9.17, 15) is 0 Å². The van der Waals surface area contributed by atoms with Crippen LogP contribution >= 0.6 is 0 Å². The Labute approximate surface area is 84.6 Å². The third-order valence-corrected chi connectivity index (χ3v) is 2.32. The molecule has 0 aliphatic carbocycles. The van der Waals surface area contributed by atoms with E-state index in [0.29, 0.717) is 6.04 Å². The molecule has 0 N–H and O–H groups in total. The predicted octanol–water partition coefficient (Wildman–Crippen LogP) is 2.12. The monoisotopic (exact) mass is 189 g/mol. The summed E-state index contributed by atoms with van der Waals surface area (Å²) in [6.07, 6.45) is 1.88. The summed E-state index contributed by atoms with van der Waals surface area (Å²) in [5.74, 6) is 0. The van der Waals surface area contributed by atoms with Gasteiger partial charge >= 0.3 is 0 Å². The minimum absolute atomic E-state index is 0.458. The van der Waals surface area contributed by atoms with Crippen molar-refractivity contribution >= 4 is 12.0 Å².